The maximum Gasteiger partial charge on any atom is 0.305 e. The molecule has 0 heterocycles. The molecule has 0 unspecified atom stereocenters. The minimum Gasteiger partial charge on any atom is -0.508 e. The van der Waals surface area contributed by atoms with Crippen LogP contribution in [-0.4, -0.2) is 18.2 Å². The predicted octanol–water partition coefficient (Wildman–Crippen LogP) is 2.45. The van der Waals surface area contributed by atoms with Gasteiger partial charge in [0.1, 0.15) is 5.75 Å². The van der Waals surface area contributed by atoms with Gasteiger partial charge in [-0.1, -0.05) is 19.4 Å². The fraction of sp³-hybridized carbons (Fsp3) is 0.462. The normalized spacial score (nSPS) is 10.1. The highest BCUT2D eigenvalue weighted by Gasteiger charge is 2.06. The summed E-state index contributed by atoms with van der Waals surface area (Å²) in [5.41, 5.74) is 2.23. The number of rotatable bonds is 5. The van der Waals surface area contributed by atoms with Crippen LogP contribution in [0.4, 0.5) is 0 Å². The highest BCUT2D eigenvalue weighted by molar-refractivity contribution is 5.69. The zero-order chi connectivity index (χ0) is 12.0. The van der Waals surface area contributed by atoms with E-state index in [-0.39, 0.29) is 11.7 Å². The van der Waals surface area contributed by atoms with Crippen molar-refractivity contribution in [1.29, 1.82) is 0 Å². The Balaban J connectivity index is 2.73. The zero-order valence-corrected chi connectivity index (χ0v) is 9.82. The smallest absolute Gasteiger partial charge is 0.305 e. The fourth-order valence-corrected chi connectivity index (χ4v) is 1.70. The van der Waals surface area contributed by atoms with Crippen LogP contribution in [0.3, 0.4) is 0 Å². The topological polar surface area (TPSA) is 46.5 Å². The van der Waals surface area contributed by atoms with E-state index in [0.29, 0.717) is 12.8 Å². The predicted molar refractivity (Wildman–Crippen MR) is 62.4 cm³/mol. The van der Waals surface area contributed by atoms with Crippen molar-refractivity contribution in [2.24, 2.45) is 0 Å². The number of aryl methyl sites for hydroxylation is 2. The number of methoxy groups -OCH3 is 1. The van der Waals surface area contributed by atoms with Gasteiger partial charge in [0, 0.05) is 6.42 Å². The molecule has 0 saturated carbocycles. The SMILES string of the molecule is CCCc1cc(O)ccc1CCC(=O)OC. The molecule has 0 radical (unpaired) electrons. The molecule has 0 fully saturated rings. The van der Waals surface area contributed by atoms with E-state index in [1.54, 1.807) is 12.1 Å². The Bertz CT molecular complexity index is 358. The van der Waals surface area contributed by atoms with E-state index in [0.717, 1.165) is 24.0 Å². The summed E-state index contributed by atoms with van der Waals surface area (Å²) in [6, 6.07) is 5.31. The van der Waals surface area contributed by atoms with Crippen molar-refractivity contribution in [1.82, 2.24) is 0 Å². The lowest BCUT2D eigenvalue weighted by molar-refractivity contribution is -0.140. The zero-order valence-electron chi connectivity index (χ0n) is 9.82. The van der Waals surface area contributed by atoms with E-state index < -0.39 is 0 Å². The number of esters is 1. The van der Waals surface area contributed by atoms with Gasteiger partial charge in [0.15, 0.2) is 0 Å². The van der Waals surface area contributed by atoms with Crippen LogP contribution in [0, 0.1) is 0 Å². The fourth-order valence-electron chi connectivity index (χ4n) is 1.70. The molecule has 16 heavy (non-hydrogen) atoms. The lowest BCUT2D eigenvalue weighted by Crippen LogP contribution is -2.03. The lowest BCUT2D eigenvalue weighted by atomic mass is 9.99. The number of hydrogen-bond donors (Lipinski definition) is 1. The van der Waals surface area contributed by atoms with Crippen LogP contribution in [0.2, 0.25) is 0 Å². The van der Waals surface area contributed by atoms with Crippen LogP contribution < -0.4 is 0 Å². The summed E-state index contributed by atoms with van der Waals surface area (Å²) in [5, 5.41) is 9.40. The Morgan fingerprint density at radius 2 is 2.06 bits per heavy atom. The van der Waals surface area contributed by atoms with Crippen LogP contribution in [0.25, 0.3) is 0 Å². The third-order valence-corrected chi connectivity index (χ3v) is 2.54. The molecule has 0 amide bonds. The van der Waals surface area contributed by atoms with Gasteiger partial charge in [0.2, 0.25) is 0 Å². The molecule has 0 spiro atoms. The van der Waals surface area contributed by atoms with Crippen LogP contribution in [0.5, 0.6) is 5.75 Å². The van der Waals surface area contributed by atoms with Crippen LogP contribution in [0.1, 0.15) is 30.9 Å². The summed E-state index contributed by atoms with van der Waals surface area (Å²) in [7, 11) is 1.39. The van der Waals surface area contributed by atoms with Gasteiger partial charge >= 0.3 is 5.97 Å². The molecule has 1 rings (SSSR count). The summed E-state index contributed by atoms with van der Waals surface area (Å²) in [6.07, 6.45) is 3.00. The molecule has 0 aliphatic carbocycles. The van der Waals surface area contributed by atoms with E-state index in [4.69, 9.17) is 0 Å². The molecule has 0 bridgehead atoms. The van der Waals surface area contributed by atoms with Gasteiger partial charge in [-0.3, -0.25) is 4.79 Å². The van der Waals surface area contributed by atoms with Gasteiger partial charge in [-0.05, 0) is 36.1 Å². The Hall–Kier alpha value is -1.51. The third kappa shape index (κ3) is 3.57. The van der Waals surface area contributed by atoms with Gasteiger partial charge in [0.05, 0.1) is 7.11 Å². The second-order valence-electron chi connectivity index (χ2n) is 3.78. The largest absolute Gasteiger partial charge is 0.508 e. The van der Waals surface area contributed by atoms with E-state index in [2.05, 4.69) is 11.7 Å². The number of hydrogen-bond acceptors (Lipinski definition) is 3. The number of phenols is 1. The number of carbonyl (C=O) groups is 1. The average Bonchev–Trinajstić information content (AvgIpc) is 2.28. The minimum atomic E-state index is -0.199. The van der Waals surface area contributed by atoms with Crippen molar-refractivity contribution in [2.45, 2.75) is 32.6 Å². The Labute approximate surface area is 96.1 Å². The highest BCUT2D eigenvalue weighted by Crippen LogP contribution is 2.19. The van der Waals surface area contributed by atoms with Crippen molar-refractivity contribution in [3.8, 4) is 5.75 Å². The summed E-state index contributed by atoms with van der Waals surface area (Å²) in [4.78, 5) is 11.0. The minimum absolute atomic E-state index is 0.199. The van der Waals surface area contributed by atoms with Crippen LogP contribution >= 0.6 is 0 Å². The van der Waals surface area contributed by atoms with Gasteiger partial charge in [-0.2, -0.15) is 0 Å². The van der Waals surface area contributed by atoms with Gasteiger partial charge < -0.3 is 9.84 Å². The Morgan fingerprint density at radius 3 is 2.69 bits per heavy atom. The van der Waals surface area contributed by atoms with Crippen molar-refractivity contribution < 1.29 is 14.6 Å². The molecule has 1 N–H and O–H groups in total. The summed E-state index contributed by atoms with van der Waals surface area (Å²) in [6.45, 7) is 2.09. The number of ether oxygens (including phenoxy) is 1. The van der Waals surface area contributed by atoms with Crippen LogP contribution in [-0.2, 0) is 22.4 Å². The molecule has 0 aliphatic rings. The first kappa shape index (κ1) is 12.6. The molecule has 0 aromatic heterocycles. The summed E-state index contributed by atoms with van der Waals surface area (Å²) in [5.74, 6) is 0.0841. The maximum atomic E-state index is 11.0. The van der Waals surface area contributed by atoms with Gasteiger partial charge in [-0.15, -0.1) is 0 Å². The Morgan fingerprint density at radius 1 is 1.31 bits per heavy atom. The second kappa shape index (κ2) is 6.16. The molecular weight excluding hydrogens is 204 g/mol. The second-order valence-corrected chi connectivity index (χ2v) is 3.78. The van der Waals surface area contributed by atoms with Crippen molar-refractivity contribution in [2.75, 3.05) is 7.11 Å². The number of benzene rings is 1. The first-order valence-corrected chi connectivity index (χ1v) is 5.55. The van der Waals surface area contributed by atoms with Crippen molar-refractivity contribution in [3.05, 3.63) is 29.3 Å². The highest BCUT2D eigenvalue weighted by atomic mass is 16.5. The number of phenolic OH excluding ortho intramolecular Hbond substituents is 1. The molecule has 3 nitrogen and oxygen atoms in total. The van der Waals surface area contributed by atoms with Gasteiger partial charge in [-0.25, -0.2) is 0 Å². The molecule has 0 saturated heterocycles. The molecule has 1 aromatic carbocycles. The van der Waals surface area contributed by atoms with Crippen molar-refractivity contribution >= 4 is 5.97 Å². The molecule has 88 valence electrons. The quantitative estimate of drug-likeness (QED) is 0.778. The van der Waals surface area contributed by atoms with E-state index >= 15 is 0 Å². The Kier molecular flexibility index (Phi) is 4.83. The van der Waals surface area contributed by atoms with Crippen LogP contribution in [0.15, 0.2) is 18.2 Å². The summed E-state index contributed by atoms with van der Waals surface area (Å²) < 4.78 is 4.61. The van der Waals surface area contributed by atoms with Crippen molar-refractivity contribution in [3.63, 3.8) is 0 Å². The standard InChI is InChI=1S/C13H18O3/c1-3-4-11-9-12(14)7-5-10(11)6-8-13(15)16-2/h5,7,9,14H,3-4,6,8H2,1-2H3. The average molecular weight is 222 g/mol. The molecule has 0 atom stereocenters. The molecule has 3 heteroatoms. The van der Waals surface area contributed by atoms with E-state index in [1.165, 1.54) is 7.11 Å². The molecular formula is C13H18O3. The van der Waals surface area contributed by atoms with E-state index in [9.17, 15) is 9.90 Å². The molecule has 1 aromatic rings. The third-order valence-electron chi connectivity index (χ3n) is 2.54. The summed E-state index contributed by atoms with van der Waals surface area (Å²) >= 11 is 0. The van der Waals surface area contributed by atoms with E-state index in [1.807, 2.05) is 6.07 Å². The number of carbonyl (C=O) groups excluding carboxylic acids is 1. The van der Waals surface area contributed by atoms with Gasteiger partial charge in [0.25, 0.3) is 0 Å². The first-order valence-electron chi connectivity index (χ1n) is 5.55. The monoisotopic (exact) mass is 222 g/mol. The first-order chi connectivity index (χ1) is 7.67. The maximum absolute atomic E-state index is 11.0. The molecule has 0 aliphatic heterocycles. The number of aromatic hydroxyl groups is 1. The lowest BCUT2D eigenvalue weighted by Gasteiger charge is -2.08.